The first-order valence-corrected chi connectivity index (χ1v) is 7.87. The third kappa shape index (κ3) is 3.18. The van der Waals surface area contributed by atoms with Crippen molar-refractivity contribution in [2.75, 3.05) is 13.1 Å². The van der Waals surface area contributed by atoms with Crippen molar-refractivity contribution in [3.8, 4) is 0 Å². The second kappa shape index (κ2) is 6.06. The molecule has 1 heterocycles. The van der Waals surface area contributed by atoms with Crippen LogP contribution in [-0.4, -0.2) is 24.0 Å². The van der Waals surface area contributed by atoms with Crippen LogP contribution in [0.5, 0.6) is 0 Å². The Morgan fingerprint density at radius 2 is 1.95 bits per heavy atom. The van der Waals surface area contributed by atoms with Crippen LogP contribution >= 0.6 is 0 Å². The lowest BCUT2D eigenvalue weighted by Gasteiger charge is -2.26. The predicted octanol–water partition coefficient (Wildman–Crippen LogP) is 3.17. The van der Waals surface area contributed by atoms with Crippen molar-refractivity contribution >= 4 is 0 Å². The van der Waals surface area contributed by atoms with Gasteiger partial charge in [-0.1, -0.05) is 31.2 Å². The van der Waals surface area contributed by atoms with E-state index in [1.54, 1.807) is 0 Å². The van der Waals surface area contributed by atoms with Crippen molar-refractivity contribution in [1.82, 2.24) is 10.2 Å². The quantitative estimate of drug-likeness (QED) is 0.788. The molecule has 2 unspecified atom stereocenters. The summed E-state index contributed by atoms with van der Waals surface area (Å²) in [6, 6.07) is 10.1. The second-order valence-corrected chi connectivity index (χ2v) is 6.26. The van der Waals surface area contributed by atoms with E-state index >= 15 is 0 Å². The van der Waals surface area contributed by atoms with Crippen LogP contribution in [0.4, 0.5) is 0 Å². The van der Waals surface area contributed by atoms with Gasteiger partial charge in [0.2, 0.25) is 0 Å². The van der Waals surface area contributed by atoms with Crippen molar-refractivity contribution < 1.29 is 0 Å². The van der Waals surface area contributed by atoms with Crippen LogP contribution in [0, 0.1) is 5.92 Å². The summed E-state index contributed by atoms with van der Waals surface area (Å²) in [5.74, 6) is 1.00. The maximum atomic E-state index is 3.46. The minimum Gasteiger partial charge on any atom is -0.313 e. The number of piperidine rings is 1. The Hall–Kier alpha value is -0.860. The minimum absolute atomic E-state index is 0.885. The van der Waals surface area contributed by atoms with Gasteiger partial charge < -0.3 is 5.32 Å². The van der Waals surface area contributed by atoms with E-state index in [-0.39, 0.29) is 0 Å². The van der Waals surface area contributed by atoms with Crippen LogP contribution in [0.1, 0.15) is 43.7 Å². The predicted molar refractivity (Wildman–Crippen MR) is 80.0 cm³/mol. The SMILES string of the molecule is CCCNCc1ccc(CN2CC3CCC2C3)cc1. The monoisotopic (exact) mass is 258 g/mol. The molecule has 3 rings (SSSR count). The van der Waals surface area contributed by atoms with E-state index in [1.165, 1.54) is 43.4 Å². The molecule has 1 aliphatic carbocycles. The Labute approximate surface area is 117 Å². The Balaban J connectivity index is 1.51. The number of rotatable bonds is 6. The second-order valence-electron chi connectivity index (χ2n) is 6.26. The molecular weight excluding hydrogens is 232 g/mol. The van der Waals surface area contributed by atoms with Gasteiger partial charge in [0.15, 0.2) is 0 Å². The first-order chi connectivity index (χ1) is 9.35. The molecule has 2 nitrogen and oxygen atoms in total. The molecule has 1 saturated heterocycles. The molecule has 2 aliphatic rings. The average molecular weight is 258 g/mol. The number of fused-ring (bicyclic) bond motifs is 2. The van der Waals surface area contributed by atoms with E-state index < -0.39 is 0 Å². The molecule has 0 amide bonds. The van der Waals surface area contributed by atoms with Crippen LogP contribution in [-0.2, 0) is 13.1 Å². The Kier molecular flexibility index (Phi) is 4.19. The number of likely N-dealkylation sites (tertiary alicyclic amines) is 1. The number of hydrogen-bond acceptors (Lipinski definition) is 2. The molecule has 19 heavy (non-hydrogen) atoms. The summed E-state index contributed by atoms with van der Waals surface area (Å²) in [7, 11) is 0. The van der Waals surface area contributed by atoms with E-state index in [4.69, 9.17) is 0 Å². The van der Waals surface area contributed by atoms with Gasteiger partial charge in [0.25, 0.3) is 0 Å². The standard InChI is InChI=1S/C17H26N2/c1-2-9-18-11-14-3-5-15(6-4-14)12-19-13-16-7-8-17(19)10-16/h3-6,16-18H,2,7-13H2,1H3. The van der Waals surface area contributed by atoms with Gasteiger partial charge in [-0.3, -0.25) is 4.90 Å². The Morgan fingerprint density at radius 1 is 1.16 bits per heavy atom. The summed E-state index contributed by atoms with van der Waals surface area (Å²) in [6.45, 7) is 6.81. The van der Waals surface area contributed by atoms with E-state index in [0.29, 0.717) is 0 Å². The molecule has 2 bridgehead atoms. The molecule has 0 spiro atoms. The largest absolute Gasteiger partial charge is 0.313 e. The lowest BCUT2D eigenvalue weighted by molar-refractivity contribution is 0.205. The molecule has 1 aromatic rings. The zero-order chi connectivity index (χ0) is 13.1. The Morgan fingerprint density at radius 3 is 2.58 bits per heavy atom. The van der Waals surface area contributed by atoms with Gasteiger partial charge in [-0.25, -0.2) is 0 Å². The summed E-state index contributed by atoms with van der Waals surface area (Å²) < 4.78 is 0. The number of nitrogens with zero attached hydrogens (tertiary/aromatic N) is 1. The first kappa shape index (κ1) is 13.1. The molecule has 1 N–H and O–H groups in total. The van der Waals surface area contributed by atoms with E-state index in [1.807, 2.05) is 0 Å². The highest BCUT2D eigenvalue weighted by Crippen LogP contribution is 2.38. The minimum atomic E-state index is 0.885. The molecule has 1 saturated carbocycles. The zero-order valence-corrected chi connectivity index (χ0v) is 12.1. The van der Waals surface area contributed by atoms with Gasteiger partial charge in [-0.2, -0.15) is 0 Å². The van der Waals surface area contributed by atoms with Gasteiger partial charge in [-0.05, 0) is 49.3 Å². The van der Waals surface area contributed by atoms with Crippen LogP contribution < -0.4 is 5.32 Å². The lowest BCUT2D eigenvalue weighted by atomic mass is 10.1. The van der Waals surface area contributed by atoms with Crippen LogP contribution in [0.15, 0.2) is 24.3 Å². The smallest absolute Gasteiger partial charge is 0.0236 e. The summed E-state index contributed by atoms with van der Waals surface area (Å²) >= 11 is 0. The summed E-state index contributed by atoms with van der Waals surface area (Å²) in [4.78, 5) is 2.69. The lowest BCUT2D eigenvalue weighted by Crippen LogP contribution is -2.31. The van der Waals surface area contributed by atoms with Gasteiger partial charge in [0.1, 0.15) is 0 Å². The Bertz CT molecular complexity index is 398. The van der Waals surface area contributed by atoms with Crippen molar-refractivity contribution in [3.63, 3.8) is 0 Å². The number of benzene rings is 1. The molecular formula is C17H26N2. The molecule has 1 aliphatic heterocycles. The van der Waals surface area contributed by atoms with Crippen molar-refractivity contribution in [2.45, 2.75) is 51.7 Å². The van der Waals surface area contributed by atoms with E-state index in [0.717, 1.165) is 31.6 Å². The van der Waals surface area contributed by atoms with E-state index in [9.17, 15) is 0 Å². The fraction of sp³-hybridized carbons (Fsp3) is 0.647. The van der Waals surface area contributed by atoms with Gasteiger partial charge in [0, 0.05) is 25.7 Å². The summed E-state index contributed by atoms with van der Waals surface area (Å²) in [6.07, 6.45) is 5.57. The highest BCUT2D eigenvalue weighted by molar-refractivity contribution is 5.22. The molecule has 104 valence electrons. The molecule has 0 radical (unpaired) electrons. The topological polar surface area (TPSA) is 15.3 Å². The van der Waals surface area contributed by atoms with Crippen LogP contribution in [0.3, 0.4) is 0 Å². The van der Waals surface area contributed by atoms with Gasteiger partial charge >= 0.3 is 0 Å². The fourth-order valence-corrected chi connectivity index (χ4v) is 3.63. The van der Waals surface area contributed by atoms with Crippen LogP contribution in [0.25, 0.3) is 0 Å². The highest BCUT2D eigenvalue weighted by Gasteiger charge is 2.37. The number of hydrogen-bond donors (Lipinski definition) is 1. The maximum Gasteiger partial charge on any atom is 0.0236 e. The van der Waals surface area contributed by atoms with Crippen molar-refractivity contribution in [1.29, 1.82) is 0 Å². The molecule has 2 heteroatoms. The zero-order valence-electron chi connectivity index (χ0n) is 12.1. The van der Waals surface area contributed by atoms with E-state index in [2.05, 4.69) is 41.4 Å². The third-order valence-corrected chi connectivity index (χ3v) is 4.69. The summed E-state index contributed by atoms with van der Waals surface area (Å²) in [5.41, 5.74) is 2.88. The normalized spacial score (nSPS) is 26.2. The van der Waals surface area contributed by atoms with Gasteiger partial charge in [0.05, 0.1) is 0 Å². The molecule has 2 atom stereocenters. The summed E-state index contributed by atoms with van der Waals surface area (Å²) in [5, 5.41) is 3.46. The first-order valence-electron chi connectivity index (χ1n) is 7.87. The molecule has 2 fully saturated rings. The number of nitrogens with one attached hydrogen (secondary N) is 1. The maximum absolute atomic E-state index is 3.46. The molecule has 0 aromatic heterocycles. The molecule has 1 aromatic carbocycles. The van der Waals surface area contributed by atoms with Crippen molar-refractivity contribution in [2.24, 2.45) is 5.92 Å². The fourth-order valence-electron chi connectivity index (χ4n) is 3.63. The van der Waals surface area contributed by atoms with Gasteiger partial charge in [-0.15, -0.1) is 0 Å². The third-order valence-electron chi connectivity index (χ3n) is 4.69. The highest BCUT2D eigenvalue weighted by atomic mass is 15.2. The van der Waals surface area contributed by atoms with Crippen molar-refractivity contribution in [3.05, 3.63) is 35.4 Å². The average Bonchev–Trinajstić information content (AvgIpc) is 3.03. The van der Waals surface area contributed by atoms with Crippen LogP contribution in [0.2, 0.25) is 0 Å².